The van der Waals surface area contributed by atoms with Crippen molar-refractivity contribution >= 4 is 17.6 Å². The second kappa shape index (κ2) is 9.68. The number of hydrogen-bond acceptors (Lipinski definition) is 6. The zero-order valence-electron chi connectivity index (χ0n) is 17.4. The van der Waals surface area contributed by atoms with Crippen LogP contribution in [-0.2, 0) is 12.8 Å². The first-order valence-corrected chi connectivity index (χ1v) is 9.03. The summed E-state index contributed by atoms with van der Waals surface area (Å²) in [7, 11) is 7.78. The van der Waals surface area contributed by atoms with Gasteiger partial charge in [-0.15, -0.1) is 0 Å². The zero-order valence-corrected chi connectivity index (χ0v) is 17.4. The topological polar surface area (TPSA) is 103 Å². The van der Waals surface area contributed by atoms with Crippen LogP contribution in [0.25, 0.3) is 0 Å². The lowest BCUT2D eigenvalue weighted by Gasteiger charge is -2.19. The molecule has 0 atom stereocenters. The number of imide groups is 1. The minimum atomic E-state index is -0.827. The molecule has 156 valence electrons. The van der Waals surface area contributed by atoms with Crippen molar-refractivity contribution in [3.8, 4) is 17.2 Å². The van der Waals surface area contributed by atoms with Crippen LogP contribution in [-0.4, -0.2) is 52.3 Å². The van der Waals surface area contributed by atoms with Gasteiger partial charge in [-0.25, -0.2) is 4.79 Å². The summed E-state index contributed by atoms with van der Waals surface area (Å²) >= 11 is 0. The number of amides is 3. The standard InChI is InChI=1S/C21H27N3O5/c1-23-19-14(8-6-13-7-9-17(28-4)18(10-13)29-5)11-15(27-3)12-16(19)20(25)24(2)21(22)26/h7,9-12,23H,6,8H2,1-5H3,(H2,22,26). The number of aryl methyl sites for hydroxylation is 2. The third kappa shape index (κ3) is 4.90. The maximum Gasteiger partial charge on any atom is 0.321 e. The van der Waals surface area contributed by atoms with Crippen molar-refractivity contribution in [2.45, 2.75) is 12.8 Å². The first kappa shape index (κ1) is 21.9. The second-order valence-electron chi connectivity index (χ2n) is 6.35. The quantitative estimate of drug-likeness (QED) is 0.705. The van der Waals surface area contributed by atoms with E-state index in [1.807, 2.05) is 24.3 Å². The third-order valence-corrected chi connectivity index (χ3v) is 4.68. The van der Waals surface area contributed by atoms with Gasteiger partial charge in [-0.05, 0) is 48.2 Å². The first-order chi connectivity index (χ1) is 13.9. The predicted octanol–water partition coefficient (Wildman–Crippen LogP) is 2.69. The normalized spacial score (nSPS) is 10.2. The Bertz CT molecular complexity index is 898. The summed E-state index contributed by atoms with van der Waals surface area (Å²) in [5.41, 5.74) is 8.12. The van der Waals surface area contributed by atoms with E-state index in [1.54, 1.807) is 27.3 Å². The van der Waals surface area contributed by atoms with Crippen molar-refractivity contribution in [2.24, 2.45) is 5.73 Å². The molecule has 8 heteroatoms. The number of nitrogens with two attached hydrogens (primary N) is 1. The van der Waals surface area contributed by atoms with Crippen LogP contribution in [0.3, 0.4) is 0 Å². The summed E-state index contributed by atoms with van der Waals surface area (Å²) in [5, 5.41) is 3.07. The van der Waals surface area contributed by atoms with Gasteiger partial charge in [0.1, 0.15) is 5.75 Å². The molecule has 0 aliphatic heterocycles. The van der Waals surface area contributed by atoms with Crippen molar-refractivity contribution < 1.29 is 23.8 Å². The fourth-order valence-electron chi connectivity index (χ4n) is 3.05. The molecule has 0 saturated heterocycles. The second-order valence-corrected chi connectivity index (χ2v) is 6.35. The molecule has 0 bridgehead atoms. The largest absolute Gasteiger partial charge is 0.497 e. The van der Waals surface area contributed by atoms with Crippen LogP contribution in [0.4, 0.5) is 10.5 Å². The SMILES string of the molecule is CNc1c(CCc2ccc(OC)c(OC)c2)cc(OC)cc1C(=O)N(C)C(N)=O. The molecule has 0 spiro atoms. The first-order valence-electron chi connectivity index (χ1n) is 9.03. The molecule has 2 aromatic carbocycles. The molecular weight excluding hydrogens is 374 g/mol. The number of hydrogen-bond donors (Lipinski definition) is 2. The number of nitrogens with one attached hydrogen (secondary N) is 1. The highest BCUT2D eigenvalue weighted by molar-refractivity contribution is 6.07. The Kier molecular flexibility index (Phi) is 7.30. The molecule has 0 saturated carbocycles. The van der Waals surface area contributed by atoms with E-state index in [9.17, 15) is 9.59 Å². The number of primary amides is 1. The summed E-state index contributed by atoms with van der Waals surface area (Å²) in [6.45, 7) is 0. The number of carbonyl (C=O) groups excluding carboxylic acids is 2. The van der Waals surface area contributed by atoms with E-state index < -0.39 is 11.9 Å². The van der Waals surface area contributed by atoms with E-state index >= 15 is 0 Å². The highest BCUT2D eigenvalue weighted by Crippen LogP contribution is 2.31. The lowest BCUT2D eigenvalue weighted by atomic mass is 9.98. The summed E-state index contributed by atoms with van der Waals surface area (Å²) in [5.74, 6) is 1.33. The molecular formula is C21H27N3O5. The van der Waals surface area contributed by atoms with Gasteiger partial charge in [-0.1, -0.05) is 6.07 Å². The van der Waals surface area contributed by atoms with Gasteiger partial charge < -0.3 is 25.3 Å². The van der Waals surface area contributed by atoms with Gasteiger partial charge >= 0.3 is 6.03 Å². The summed E-state index contributed by atoms with van der Waals surface area (Å²) in [4.78, 5) is 25.0. The molecule has 2 aromatic rings. The van der Waals surface area contributed by atoms with Crippen molar-refractivity contribution in [1.82, 2.24) is 4.90 Å². The van der Waals surface area contributed by atoms with Crippen LogP contribution >= 0.6 is 0 Å². The number of carbonyl (C=O) groups is 2. The van der Waals surface area contributed by atoms with Crippen LogP contribution < -0.4 is 25.3 Å². The monoisotopic (exact) mass is 401 g/mol. The lowest BCUT2D eigenvalue weighted by Crippen LogP contribution is -2.37. The van der Waals surface area contributed by atoms with E-state index in [0.717, 1.165) is 16.0 Å². The molecule has 0 radical (unpaired) electrons. The Hall–Kier alpha value is -3.42. The Labute approximate surface area is 170 Å². The average molecular weight is 401 g/mol. The van der Waals surface area contributed by atoms with Crippen molar-refractivity contribution in [3.05, 3.63) is 47.0 Å². The average Bonchev–Trinajstić information content (AvgIpc) is 2.75. The van der Waals surface area contributed by atoms with Crippen molar-refractivity contribution in [2.75, 3.05) is 40.7 Å². The Morgan fingerprint density at radius 1 is 1.00 bits per heavy atom. The number of ether oxygens (including phenoxy) is 3. The van der Waals surface area contributed by atoms with Gasteiger partial charge in [0.15, 0.2) is 11.5 Å². The predicted molar refractivity (Wildman–Crippen MR) is 111 cm³/mol. The molecule has 0 heterocycles. The van der Waals surface area contributed by atoms with E-state index in [0.29, 0.717) is 41.3 Å². The number of nitrogens with zero attached hydrogens (tertiary/aromatic N) is 1. The van der Waals surface area contributed by atoms with Gasteiger partial charge in [-0.3, -0.25) is 9.69 Å². The van der Waals surface area contributed by atoms with E-state index in [4.69, 9.17) is 19.9 Å². The summed E-state index contributed by atoms with van der Waals surface area (Å²) in [6.07, 6.45) is 1.32. The molecule has 0 aromatic heterocycles. The van der Waals surface area contributed by atoms with Crippen LogP contribution in [0.2, 0.25) is 0 Å². The fraction of sp³-hybridized carbons (Fsp3) is 0.333. The highest BCUT2D eigenvalue weighted by Gasteiger charge is 2.22. The van der Waals surface area contributed by atoms with Crippen molar-refractivity contribution in [3.63, 3.8) is 0 Å². The molecule has 29 heavy (non-hydrogen) atoms. The summed E-state index contributed by atoms with van der Waals surface area (Å²) < 4.78 is 16.0. The Morgan fingerprint density at radius 2 is 1.69 bits per heavy atom. The molecule has 0 unspecified atom stereocenters. The molecule has 8 nitrogen and oxygen atoms in total. The van der Waals surface area contributed by atoms with Gasteiger partial charge in [-0.2, -0.15) is 0 Å². The minimum absolute atomic E-state index is 0.315. The Balaban J connectivity index is 2.38. The molecule has 0 aliphatic rings. The molecule has 3 amide bonds. The fourth-order valence-corrected chi connectivity index (χ4v) is 3.05. The molecule has 0 fully saturated rings. The van der Waals surface area contributed by atoms with Crippen LogP contribution in [0.15, 0.2) is 30.3 Å². The number of rotatable bonds is 8. The number of methoxy groups -OCH3 is 3. The summed E-state index contributed by atoms with van der Waals surface area (Å²) in [6, 6.07) is 8.38. The number of benzene rings is 2. The van der Waals surface area contributed by atoms with Crippen LogP contribution in [0.1, 0.15) is 21.5 Å². The molecule has 2 rings (SSSR count). The minimum Gasteiger partial charge on any atom is -0.497 e. The van der Waals surface area contributed by atoms with E-state index in [-0.39, 0.29) is 0 Å². The third-order valence-electron chi connectivity index (χ3n) is 4.68. The van der Waals surface area contributed by atoms with Gasteiger partial charge in [0.05, 0.1) is 32.6 Å². The van der Waals surface area contributed by atoms with Crippen LogP contribution in [0.5, 0.6) is 17.2 Å². The Morgan fingerprint density at radius 3 is 2.24 bits per heavy atom. The van der Waals surface area contributed by atoms with Crippen LogP contribution in [0, 0.1) is 0 Å². The number of anilines is 1. The lowest BCUT2D eigenvalue weighted by molar-refractivity contribution is 0.0838. The maximum atomic E-state index is 12.7. The number of urea groups is 1. The molecule has 3 N–H and O–H groups in total. The molecule has 0 aliphatic carbocycles. The van der Waals surface area contributed by atoms with E-state index in [2.05, 4.69) is 5.32 Å². The van der Waals surface area contributed by atoms with Gasteiger partial charge in [0, 0.05) is 14.1 Å². The maximum absolute atomic E-state index is 12.7. The van der Waals surface area contributed by atoms with Crippen molar-refractivity contribution in [1.29, 1.82) is 0 Å². The van der Waals surface area contributed by atoms with Gasteiger partial charge in [0.25, 0.3) is 5.91 Å². The van der Waals surface area contributed by atoms with Gasteiger partial charge in [0.2, 0.25) is 0 Å². The zero-order chi connectivity index (χ0) is 21.6. The smallest absolute Gasteiger partial charge is 0.321 e. The highest BCUT2D eigenvalue weighted by atomic mass is 16.5. The van der Waals surface area contributed by atoms with E-state index in [1.165, 1.54) is 14.2 Å².